The van der Waals surface area contributed by atoms with E-state index in [1.807, 2.05) is 27.7 Å². The van der Waals surface area contributed by atoms with Crippen LogP contribution in [0.3, 0.4) is 0 Å². The molecule has 0 spiro atoms. The van der Waals surface area contributed by atoms with E-state index in [9.17, 15) is 28.8 Å². The van der Waals surface area contributed by atoms with Gasteiger partial charge in [-0.3, -0.25) is 14.4 Å². The van der Waals surface area contributed by atoms with Crippen LogP contribution >= 0.6 is 0 Å². The van der Waals surface area contributed by atoms with Crippen molar-refractivity contribution < 1.29 is 43.1 Å². The Bertz CT molecular complexity index is 993. The van der Waals surface area contributed by atoms with E-state index < -0.39 is 47.1 Å². The summed E-state index contributed by atoms with van der Waals surface area (Å²) in [5.74, 6) is 0.274. The Labute approximate surface area is 261 Å². The maximum Gasteiger partial charge on any atom is 0.407 e. The van der Waals surface area contributed by atoms with Crippen molar-refractivity contribution in [2.75, 3.05) is 19.6 Å². The summed E-state index contributed by atoms with van der Waals surface area (Å²) in [4.78, 5) is 73.8. The van der Waals surface area contributed by atoms with E-state index in [1.165, 1.54) is 0 Å². The fourth-order valence-corrected chi connectivity index (χ4v) is 3.56. The van der Waals surface area contributed by atoms with Gasteiger partial charge in [0.25, 0.3) is 11.8 Å². The number of hydrogen-bond acceptors (Lipinski definition) is 9. The lowest BCUT2D eigenvalue weighted by Gasteiger charge is -2.19. The van der Waals surface area contributed by atoms with Crippen LogP contribution in [0.5, 0.6) is 0 Å². The van der Waals surface area contributed by atoms with E-state index in [1.54, 1.807) is 27.7 Å². The van der Waals surface area contributed by atoms with Crippen LogP contribution in [0.1, 0.15) is 107 Å². The number of carbonyl (C=O) groups is 6. The predicted octanol–water partition coefficient (Wildman–Crippen LogP) is 3.99. The molecule has 1 aliphatic heterocycles. The van der Waals surface area contributed by atoms with Gasteiger partial charge in [-0.05, 0) is 67.2 Å². The fraction of sp³-hybridized carbons (Fsp3) is 0.742. The molecule has 2 unspecified atom stereocenters. The van der Waals surface area contributed by atoms with Gasteiger partial charge in [-0.15, -0.1) is 11.5 Å². The molecule has 0 aromatic rings. The first kappa shape index (κ1) is 40.2. The van der Waals surface area contributed by atoms with Crippen LogP contribution in [-0.4, -0.2) is 71.8 Å². The number of rotatable bonds is 14. The predicted molar refractivity (Wildman–Crippen MR) is 164 cm³/mol. The molecule has 0 aromatic carbocycles. The summed E-state index contributed by atoms with van der Waals surface area (Å²) in [5, 5.41) is 8.54. The van der Waals surface area contributed by atoms with Crippen LogP contribution in [0.15, 0.2) is 0 Å². The van der Waals surface area contributed by atoms with Gasteiger partial charge in [0.15, 0.2) is 0 Å². The highest BCUT2D eigenvalue weighted by Gasteiger charge is 2.33. The highest BCUT2D eigenvalue weighted by atomic mass is 16.7. The number of terminal acetylenes is 1. The smallest absolute Gasteiger partial charge is 0.407 e. The standard InChI is InChI=1S/C16H26N2O6.C15H26N2O3/c1-11(14(21)24-18-12(19)8-9-13(18)20)7-5-6-10-17-15(22)23-16(2,3)4;1-6-10-16-13(18)12(2)9-7-8-11-17-14(19)20-15(3,4)5/h11H,5-10H2,1-4H3,(H,17,22);1,12H,7-11H2,2-5H3,(H,16,18)(H,17,19). The monoisotopic (exact) mass is 624 g/mol. The molecule has 0 bridgehead atoms. The topological polar surface area (TPSA) is 169 Å². The highest BCUT2D eigenvalue weighted by molar-refractivity contribution is 6.01. The molecular formula is C31H52N4O9. The number of nitrogens with zero attached hydrogens (tertiary/aromatic N) is 1. The first-order valence-electron chi connectivity index (χ1n) is 15.1. The third kappa shape index (κ3) is 20.1. The van der Waals surface area contributed by atoms with Gasteiger partial charge in [0.2, 0.25) is 5.91 Å². The maximum atomic E-state index is 11.9. The van der Waals surface area contributed by atoms with Crippen molar-refractivity contribution in [1.82, 2.24) is 21.0 Å². The second-order valence-electron chi connectivity index (χ2n) is 12.6. The van der Waals surface area contributed by atoms with Crippen LogP contribution < -0.4 is 16.0 Å². The molecule has 0 saturated carbocycles. The first-order valence-corrected chi connectivity index (χ1v) is 15.1. The van der Waals surface area contributed by atoms with Crippen LogP contribution in [0, 0.1) is 24.2 Å². The second kappa shape index (κ2) is 20.2. The number of carbonyl (C=O) groups excluding carboxylic acids is 6. The largest absolute Gasteiger partial charge is 0.444 e. The van der Waals surface area contributed by atoms with Gasteiger partial charge in [-0.1, -0.05) is 32.6 Å². The van der Waals surface area contributed by atoms with E-state index in [2.05, 4.69) is 21.9 Å². The normalized spacial score (nSPS) is 14.3. The van der Waals surface area contributed by atoms with Crippen molar-refractivity contribution in [2.45, 2.75) is 118 Å². The molecule has 13 nitrogen and oxygen atoms in total. The molecule has 0 aromatic heterocycles. The van der Waals surface area contributed by atoms with Gasteiger partial charge in [0.05, 0.1) is 12.5 Å². The Morgan fingerprint density at radius 1 is 0.773 bits per heavy atom. The molecule has 2 atom stereocenters. The van der Waals surface area contributed by atoms with Gasteiger partial charge in [-0.2, -0.15) is 0 Å². The lowest BCUT2D eigenvalue weighted by molar-refractivity contribution is -0.200. The van der Waals surface area contributed by atoms with E-state index in [4.69, 9.17) is 20.7 Å². The molecule has 0 aliphatic carbocycles. The zero-order valence-corrected chi connectivity index (χ0v) is 27.6. The average molecular weight is 625 g/mol. The van der Waals surface area contributed by atoms with Crippen LogP contribution in [0.4, 0.5) is 9.59 Å². The maximum absolute atomic E-state index is 11.9. The number of hydrogen-bond donors (Lipinski definition) is 3. The van der Waals surface area contributed by atoms with Gasteiger partial charge < -0.3 is 30.3 Å². The lowest BCUT2D eigenvalue weighted by Crippen LogP contribution is -2.34. The van der Waals surface area contributed by atoms with Crippen LogP contribution in [-0.2, 0) is 33.5 Å². The molecule has 1 saturated heterocycles. The minimum absolute atomic E-state index is 0.0250. The molecule has 1 rings (SSSR count). The number of ether oxygens (including phenoxy) is 2. The number of alkyl carbamates (subject to hydrolysis) is 2. The SMILES string of the molecule is C#CCNC(=O)C(C)CCCCNC(=O)OC(C)(C)C.CC(CCCCNC(=O)OC(C)(C)C)C(=O)ON1C(=O)CCC1=O. The minimum atomic E-state index is -0.598. The first-order chi connectivity index (χ1) is 20.4. The van der Waals surface area contributed by atoms with Gasteiger partial charge in [-0.25, -0.2) is 14.4 Å². The molecular weight excluding hydrogens is 572 g/mol. The summed E-state index contributed by atoms with van der Waals surface area (Å²) in [6.45, 7) is 15.6. The number of amides is 5. The summed E-state index contributed by atoms with van der Waals surface area (Å²) in [5.41, 5.74) is -1.01. The molecule has 44 heavy (non-hydrogen) atoms. The van der Waals surface area contributed by atoms with Crippen LogP contribution in [0.2, 0.25) is 0 Å². The molecule has 5 amide bonds. The Kier molecular flexibility index (Phi) is 18.4. The molecule has 1 heterocycles. The van der Waals surface area contributed by atoms with E-state index in [0.29, 0.717) is 37.4 Å². The zero-order chi connectivity index (χ0) is 33.9. The van der Waals surface area contributed by atoms with Gasteiger partial charge in [0, 0.05) is 31.8 Å². The second-order valence-corrected chi connectivity index (χ2v) is 12.6. The summed E-state index contributed by atoms with van der Waals surface area (Å²) in [7, 11) is 0. The average Bonchev–Trinajstić information content (AvgIpc) is 3.21. The van der Waals surface area contributed by atoms with Gasteiger partial charge in [0.1, 0.15) is 11.2 Å². The van der Waals surface area contributed by atoms with Crippen molar-refractivity contribution in [1.29, 1.82) is 0 Å². The molecule has 13 heteroatoms. The Balaban J connectivity index is 0.000000856. The van der Waals surface area contributed by atoms with Crippen molar-refractivity contribution in [2.24, 2.45) is 11.8 Å². The van der Waals surface area contributed by atoms with Crippen LogP contribution in [0.25, 0.3) is 0 Å². The Morgan fingerprint density at radius 2 is 1.20 bits per heavy atom. The summed E-state index contributed by atoms with van der Waals surface area (Å²) >= 11 is 0. The third-order valence-corrected chi connectivity index (χ3v) is 5.87. The fourth-order valence-electron chi connectivity index (χ4n) is 3.56. The summed E-state index contributed by atoms with van der Waals surface area (Å²) in [6.07, 6.45) is 8.70. The number of imide groups is 1. The summed E-state index contributed by atoms with van der Waals surface area (Å²) < 4.78 is 10.2. The third-order valence-electron chi connectivity index (χ3n) is 5.87. The molecule has 1 fully saturated rings. The van der Waals surface area contributed by atoms with Crippen molar-refractivity contribution in [3.63, 3.8) is 0 Å². The summed E-state index contributed by atoms with van der Waals surface area (Å²) in [6, 6.07) is 0. The van der Waals surface area contributed by atoms with Gasteiger partial charge >= 0.3 is 18.2 Å². The lowest BCUT2D eigenvalue weighted by atomic mass is 10.0. The Morgan fingerprint density at radius 3 is 1.61 bits per heavy atom. The molecule has 3 N–H and O–H groups in total. The number of hydroxylamine groups is 2. The van der Waals surface area contributed by atoms with Crippen molar-refractivity contribution in [3.8, 4) is 12.3 Å². The molecule has 1 aliphatic rings. The van der Waals surface area contributed by atoms with E-state index >= 15 is 0 Å². The van der Waals surface area contributed by atoms with Crippen molar-refractivity contribution >= 4 is 35.9 Å². The quantitative estimate of drug-likeness (QED) is 0.147. The zero-order valence-electron chi connectivity index (χ0n) is 27.6. The number of unbranched alkanes of at least 4 members (excludes halogenated alkanes) is 2. The molecule has 0 radical (unpaired) electrons. The Hall–Kier alpha value is -3.82. The van der Waals surface area contributed by atoms with E-state index in [0.717, 1.165) is 19.3 Å². The minimum Gasteiger partial charge on any atom is -0.444 e. The number of nitrogens with one attached hydrogen (secondary N) is 3. The van der Waals surface area contributed by atoms with Crippen molar-refractivity contribution in [3.05, 3.63) is 0 Å². The highest BCUT2D eigenvalue weighted by Crippen LogP contribution is 2.16. The molecule has 250 valence electrons. The van der Waals surface area contributed by atoms with E-state index in [-0.39, 0.29) is 31.2 Å².